The molecule has 0 aliphatic heterocycles. The molecule has 0 saturated carbocycles. The Kier molecular flexibility index (Phi) is 2.11. The second-order valence-corrected chi connectivity index (χ2v) is 13.1. The molecule has 0 nitrogen and oxygen atoms in total. The summed E-state index contributed by atoms with van der Waals surface area (Å²) in [5.74, 6) is 0. The Morgan fingerprint density at radius 3 is 1.60 bits per heavy atom. The molecule has 0 aliphatic rings. The number of halogens is 1. The van der Waals surface area contributed by atoms with Gasteiger partial charge in [-0.05, 0) is 28.8 Å². The van der Waals surface area contributed by atoms with Crippen LogP contribution in [0.25, 0.3) is 0 Å². The molecular weight excluding hydrogens is 167 g/mol. The van der Waals surface area contributed by atoms with Crippen molar-refractivity contribution in [3.63, 3.8) is 0 Å². The number of hydrogen-bond acceptors (Lipinski definition) is 1. The molecule has 0 heterocycles. The van der Waals surface area contributed by atoms with Crippen molar-refractivity contribution in [3.8, 4) is 0 Å². The molecule has 0 bridgehead atoms. The van der Waals surface area contributed by atoms with Crippen LogP contribution in [-0.4, -0.2) is 13.3 Å². The van der Waals surface area contributed by atoms with Crippen LogP contribution in [0.1, 0.15) is 0 Å². The fraction of sp³-hybridized carbons (Fsp3) is 1.00. The molecule has 0 aromatic carbocycles. The van der Waals surface area contributed by atoms with Crippen molar-refractivity contribution in [2.24, 2.45) is 0 Å². The van der Waals surface area contributed by atoms with Crippen molar-refractivity contribution in [3.05, 3.63) is 0 Å². The first kappa shape index (κ1) is 6.13. The molecule has 0 rings (SSSR count). The van der Waals surface area contributed by atoms with Gasteiger partial charge in [0.25, 0.3) is 0 Å². The molecule has 0 aliphatic carbocycles. The van der Waals surface area contributed by atoms with E-state index in [-0.39, 0.29) is 0 Å². The molecule has 3 heteroatoms. The van der Waals surface area contributed by atoms with Gasteiger partial charge in [-0.25, -0.2) is 0 Å². The highest BCUT2D eigenvalue weighted by Gasteiger charge is 1.86. The molecule has 0 fully saturated rings. The standard InChI is InChI=1S/C2H6BrPS/c1-4(2,3)5/h1-2H3. The smallest absolute Gasteiger partial charge is 0.0113 e. The Bertz CT molecular complexity index is 55.8. The molecule has 0 aromatic heterocycles. The predicted octanol–water partition coefficient (Wildman–Crippen LogP) is 2.04. The molecule has 0 amide bonds. The Hall–Kier alpha value is 1.13. The highest BCUT2D eigenvalue weighted by molar-refractivity contribution is 9.43. The van der Waals surface area contributed by atoms with E-state index in [2.05, 4.69) is 15.5 Å². The van der Waals surface area contributed by atoms with Crippen LogP contribution in [0.3, 0.4) is 0 Å². The van der Waals surface area contributed by atoms with E-state index >= 15 is 0 Å². The SMILES string of the molecule is CP(C)(=S)Br. The maximum atomic E-state index is 4.85. The summed E-state index contributed by atoms with van der Waals surface area (Å²) in [6.45, 7) is 4.06. The largest absolute Gasteiger partial charge is 0.0859 e. The first-order valence-corrected chi connectivity index (χ1v) is 6.96. The van der Waals surface area contributed by atoms with Crippen LogP contribution in [-0.2, 0) is 11.8 Å². The van der Waals surface area contributed by atoms with E-state index in [0.29, 0.717) is 0 Å². The topological polar surface area (TPSA) is 0 Å². The van der Waals surface area contributed by atoms with Crippen LogP contribution < -0.4 is 0 Å². The van der Waals surface area contributed by atoms with Crippen LogP contribution in [0.5, 0.6) is 0 Å². The zero-order valence-electron chi connectivity index (χ0n) is 3.23. The Morgan fingerprint density at radius 2 is 1.60 bits per heavy atom. The lowest BCUT2D eigenvalue weighted by Gasteiger charge is -1.88. The highest BCUT2D eigenvalue weighted by Crippen LogP contribution is 2.45. The van der Waals surface area contributed by atoms with E-state index in [1.165, 1.54) is 0 Å². The van der Waals surface area contributed by atoms with Crippen LogP contribution in [0.15, 0.2) is 0 Å². The summed E-state index contributed by atoms with van der Waals surface area (Å²) >= 11 is 8.16. The lowest BCUT2D eigenvalue weighted by molar-refractivity contribution is 2.30. The Balaban J connectivity index is 3.47. The first-order chi connectivity index (χ1) is 2.00. The molecule has 0 saturated heterocycles. The molecule has 0 spiro atoms. The normalized spacial score (nSPS) is 11.8. The third kappa shape index (κ3) is 39.4. The van der Waals surface area contributed by atoms with Crippen LogP contribution in [0.4, 0.5) is 0 Å². The van der Waals surface area contributed by atoms with E-state index in [1.54, 1.807) is 0 Å². The molecule has 0 N–H and O–H groups in total. The summed E-state index contributed by atoms with van der Waals surface area (Å²) < 4.78 is -0.993. The molecular formula is C2H6BrPS. The second-order valence-electron chi connectivity index (χ2n) is 1.22. The van der Waals surface area contributed by atoms with Crippen molar-refractivity contribution in [1.82, 2.24) is 0 Å². The van der Waals surface area contributed by atoms with Gasteiger partial charge in [0.15, 0.2) is 0 Å². The van der Waals surface area contributed by atoms with Crippen molar-refractivity contribution >= 4 is 32.0 Å². The number of rotatable bonds is 0. The second kappa shape index (κ2) is 1.72. The van der Waals surface area contributed by atoms with Crippen LogP contribution in [0.2, 0.25) is 0 Å². The summed E-state index contributed by atoms with van der Waals surface area (Å²) in [4.78, 5) is 0. The zero-order valence-corrected chi connectivity index (χ0v) is 6.53. The summed E-state index contributed by atoms with van der Waals surface area (Å²) in [5.41, 5.74) is 0. The van der Waals surface area contributed by atoms with Gasteiger partial charge >= 0.3 is 0 Å². The minimum atomic E-state index is -0.993. The van der Waals surface area contributed by atoms with Crippen molar-refractivity contribution < 1.29 is 0 Å². The molecule has 0 aromatic rings. The molecule has 32 valence electrons. The molecule has 0 unspecified atom stereocenters. The van der Waals surface area contributed by atoms with Gasteiger partial charge in [-0.15, -0.1) is 0 Å². The average molecular weight is 173 g/mol. The van der Waals surface area contributed by atoms with Crippen LogP contribution in [0, 0.1) is 0 Å². The lowest BCUT2D eigenvalue weighted by Crippen LogP contribution is -1.48. The van der Waals surface area contributed by atoms with Gasteiger partial charge in [-0.2, -0.15) is 0 Å². The summed E-state index contributed by atoms with van der Waals surface area (Å²) in [6, 6.07) is 0. The Labute approximate surface area is 45.7 Å². The molecule has 0 atom stereocenters. The number of hydrogen-bond donors (Lipinski definition) is 0. The summed E-state index contributed by atoms with van der Waals surface area (Å²) in [6.07, 6.45) is 0. The van der Waals surface area contributed by atoms with E-state index < -0.39 is 4.74 Å². The molecule has 5 heavy (non-hydrogen) atoms. The monoisotopic (exact) mass is 172 g/mol. The Morgan fingerprint density at radius 1 is 1.60 bits per heavy atom. The van der Waals surface area contributed by atoms with E-state index in [1.807, 2.05) is 13.3 Å². The zero-order chi connectivity index (χ0) is 4.50. The van der Waals surface area contributed by atoms with E-state index in [4.69, 9.17) is 11.8 Å². The maximum absolute atomic E-state index is 4.85. The average Bonchev–Trinajstić information content (AvgIpc) is 0.722. The fourth-order valence-corrected chi connectivity index (χ4v) is 0. The third-order valence-electron chi connectivity index (χ3n) is 0. The fourth-order valence-electron chi connectivity index (χ4n) is 0. The van der Waals surface area contributed by atoms with Gasteiger partial charge in [0.05, 0.1) is 0 Å². The minimum Gasteiger partial charge on any atom is -0.0859 e. The van der Waals surface area contributed by atoms with Crippen molar-refractivity contribution in [1.29, 1.82) is 0 Å². The van der Waals surface area contributed by atoms with Gasteiger partial charge in [0.2, 0.25) is 0 Å². The van der Waals surface area contributed by atoms with Gasteiger partial charge in [0, 0.05) is 4.74 Å². The van der Waals surface area contributed by atoms with Crippen molar-refractivity contribution in [2.75, 3.05) is 13.3 Å². The van der Waals surface area contributed by atoms with Gasteiger partial charge in [-0.3, -0.25) is 0 Å². The maximum Gasteiger partial charge on any atom is 0.0113 e. The van der Waals surface area contributed by atoms with E-state index in [9.17, 15) is 0 Å². The van der Waals surface area contributed by atoms with Gasteiger partial charge in [0.1, 0.15) is 0 Å². The van der Waals surface area contributed by atoms with Gasteiger partial charge in [-0.1, -0.05) is 11.8 Å². The highest BCUT2D eigenvalue weighted by atomic mass is 79.9. The van der Waals surface area contributed by atoms with Crippen LogP contribution >= 0.6 is 20.2 Å². The summed E-state index contributed by atoms with van der Waals surface area (Å²) in [7, 11) is 0. The first-order valence-electron chi connectivity index (χ1n) is 1.25. The lowest BCUT2D eigenvalue weighted by atomic mass is 11.9. The molecule has 0 radical (unpaired) electrons. The minimum absolute atomic E-state index is 0.993. The quantitative estimate of drug-likeness (QED) is 0.505. The summed E-state index contributed by atoms with van der Waals surface area (Å²) in [5, 5.41) is 0. The van der Waals surface area contributed by atoms with Crippen molar-refractivity contribution in [2.45, 2.75) is 0 Å². The van der Waals surface area contributed by atoms with Gasteiger partial charge < -0.3 is 0 Å². The third-order valence-corrected chi connectivity index (χ3v) is 0. The van der Waals surface area contributed by atoms with E-state index in [0.717, 1.165) is 0 Å². The predicted molar refractivity (Wildman–Crippen MR) is 35.1 cm³/mol.